The van der Waals surface area contributed by atoms with Gasteiger partial charge in [0, 0.05) is 5.56 Å². The Balaban J connectivity index is 1.89. The van der Waals surface area contributed by atoms with Gasteiger partial charge < -0.3 is 13.9 Å². The summed E-state index contributed by atoms with van der Waals surface area (Å²) in [7, 11) is 0. The Morgan fingerprint density at radius 1 is 1.31 bits per heavy atom. The number of carbonyl (C=O) groups is 1. The van der Waals surface area contributed by atoms with Crippen molar-refractivity contribution in [2.45, 2.75) is 26.5 Å². The maximum Gasteiger partial charge on any atom is 0.387 e. The number of alkyl halides is 2. The minimum atomic E-state index is -2.96. The number of carbonyl (C=O) groups excluding carboxylic acids is 1. The Bertz CT molecular complexity index is 1340. The molecule has 0 N–H and O–H groups in total. The molecule has 1 atom stereocenters. The quantitative estimate of drug-likeness (QED) is 0.528. The number of thiazole rings is 1. The molecule has 0 bridgehead atoms. The summed E-state index contributed by atoms with van der Waals surface area (Å²) in [5.74, 6) is -0.634. The van der Waals surface area contributed by atoms with Gasteiger partial charge in [0.2, 0.25) is 0 Å². The van der Waals surface area contributed by atoms with Crippen LogP contribution in [0.5, 0.6) is 5.75 Å². The average molecular weight is 460 g/mol. The summed E-state index contributed by atoms with van der Waals surface area (Å²) in [5.41, 5.74) is 1.51. The molecule has 1 aromatic carbocycles. The van der Waals surface area contributed by atoms with Crippen LogP contribution < -0.4 is 19.6 Å². The van der Waals surface area contributed by atoms with E-state index < -0.39 is 18.6 Å². The van der Waals surface area contributed by atoms with Crippen LogP contribution in [0.15, 0.2) is 68.3 Å². The predicted octanol–water partition coefficient (Wildman–Crippen LogP) is 2.99. The first-order valence-electron chi connectivity index (χ1n) is 9.65. The first-order valence-corrected chi connectivity index (χ1v) is 10.5. The van der Waals surface area contributed by atoms with Crippen LogP contribution in [0.25, 0.3) is 6.08 Å². The molecular formula is C22H18F2N2O5S. The van der Waals surface area contributed by atoms with Crippen LogP contribution in [0.2, 0.25) is 0 Å². The normalized spacial score (nSPS) is 16.2. The molecule has 1 aliphatic heterocycles. The number of nitrogens with zero attached hydrogens (tertiary/aromatic N) is 2. The molecule has 32 heavy (non-hydrogen) atoms. The number of halogens is 2. The maximum atomic E-state index is 13.3. The first kappa shape index (κ1) is 21.7. The summed E-state index contributed by atoms with van der Waals surface area (Å²) in [4.78, 5) is 31.0. The van der Waals surface area contributed by atoms with Crippen molar-refractivity contribution in [1.29, 1.82) is 0 Å². The van der Waals surface area contributed by atoms with Crippen LogP contribution in [-0.4, -0.2) is 23.8 Å². The SMILES string of the molecule is CCOC(=O)C1=C(C)N=c2s/c(=C/c3ccoc3)c(=O)n2[C@@H]1c1ccc(OC(F)F)cc1. The second kappa shape index (κ2) is 8.91. The molecule has 0 unspecified atom stereocenters. The average Bonchev–Trinajstić information content (AvgIpc) is 3.36. The van der Waals surface area contributed by atoms with Crippen LogP contribution in [0.3, 0.4) is 0 Å². The predicted molar refractivity (Wildman–Crippen MR) is 112 cm³/mol. The number of esters is 1. The Hall–Kier alpha value is -3.53. The van der Waals surface area contributed by atoms with E-state index in [2.05, 4.69) is 9.73 Å². The van der Waals surface area contributed by atoms with E-state index in [0.717, 1.165) is 0 Å². The third-order valence-corrected chi connectivity index (χ3v) is 5.76. The van der Waals surface area contributed by atoms with Crippen LogP contribution in [0.1, 0.15) is 31.0 Å². The smallest absolute Gasteiger partial charge is 0.387 e. The fourth-order valence-electron chi connectivity index (χ4n) is 3.45. The van der Waals surface area contributed by atoms with E-state index in [0.29, 0.717) is 26.2 Å². The van der Waals surface area contributed by atoms with Crippen LogP contribution in [0.4, 0.5) is 8.78 Å². The summed E-state index contributed by atoms with van der Waals surface area (Å²) >= 11 is 1.18. The number of rotatable bonds is 6. The van der Waals surface area contributed by atoms with E-state index in [-0.39, 0.29) is 23.5 Å². The lowest BCUT2D eigenvalue weighted by molar-refractivity contribution is -0.139. The number of furan rings is 1. The van der Waals surface area contributed by atoms with E-state index in [1.165, 1.54) is 52.7 Å². The van der Waals surface area contributed by atoms with Crippen molar-refractivity contribution >= 4 is 23.4 Å². The van der Waals surface area contributed by atoms with Gasteiger partial charge in [-0.1, -0.05) is 23.5 Å². The third kappa shape index (κ3) is 4.13. The lowest BCUT2D eigenvalue weighted by Crippen LogP contribution is -2.39. The van der Waals surface area contributed by atoms with Gasteiger partial charge >= 0.3 is 12.6 Å². The monoisotopic (exact) mass is 460 g/mol. The zero-order valence-electron chi connectivity index (χ0n) is 17.1. The summed E-state index contributed by atoms with van der Waals surface area (Å²) < 4.78 is 41.6. The van der Waals surface area contributed by atoms with Gasteiger partial charge in [-0.2, -0.15) is 8.78 Å². The van der Waals surface area contributed by atoms with Gasteiger partial charge in [0.25, 0.3) is 5.56 Å². The van der Waals surface area contributed by atoms with E-state index in [4.69, 9.17) is 9.15 Å². The molecule has 0 spiro atoms. The molecule has 166 valence electrons. The number of hydrogen-bond donors (Lipinski definition) is 0. The van der Waals surface area contributed by atoms with Crippen LogP contribution >= 0.6 is 11.3 Å². The molecule has 4 rings (SSSR count). The zero-order chi connectivity index (χ0) is 22.8. The maximum absolute atomic E-state index is 13.3. The lowest BCUT2D eigenvalue weighted by atomic mass is 9.96. The number of fused-ring (bicyclic) bond motifs is 1. The number of benzene rings is 1. The minimum Gasteiger partial charge on any atom is -0.472 e. The number of hydrogen-bond acceptors (Lipinski definition) is 7. The zero-order valence-corrected chi connectivity index (χ0v) is 17.9. The number of ether oxygens (including phenoxy) is 2. The molecule has 0 saturated heterocycles. The highest BCUT2D eigenvalue weighted by molar-refractivity contribution is 7.07. The molecule has 0 saturated carbocycles. The van der Waals surface area contributed by atoms with E-state index >= 15 is 0 Å². The van der Waals surface area contributed by atoms with Crippen molar-refractivity contribution in [3.8, 4) is 5.75 Å². The second-order valence-corrected chi connectivity index (χ2v) is 7.82. The largest absolute Gasteiger partial charge is 0.472 e. The van der Waals surface area contributed by atoms with Crippen molar-refractivity contribution < 1.29 is 27.5 Å². The molecular weight excluding hydrogens is 442 g/mol. The summed E-state index contributed by atoms with van der Waals surface area (Å²) in [5, 5.41) is 0. The molecule has 3 heterocycles. The fraction of sp³-hybridized carbons (Fsp3) is 0.227. The van der Waals surface area contributed by atoms with Gasteiger partial charge in [-0.15, -0.1) is 0 Å². The van der Waals surface area contributed by atoms with E-state index in [1.54, 1.807) is 26.0 Å². The molecule has 1 aliphatic rings. The third-order valence-electron chi connectivity index (χ3n) is 4.78. The molecule has 2 aromatic heterocycles. The van der Waals surface area contributed by atoms with Crippen molar-refractivity contribution in [2.24, 2.45) is 4.99 Å². The first-order chi connectivity index (χ1) is 15.4. The molecule has 0 amide bonds. The molecule has 0 radical (unpaired) electrons. The van der Waals surface area contributed by atoms with Crippen molar-refractivity contribution in [2.75, 3.05) is 6.61 Å². The van der Waals surface area contributed by atoms with Gasteiger partial charge in [-0.3, -0.25) is 9.36 Å². The summed E-state index contributed by atoms with van der Waals surface area (Å²) in [6.07, 6.45) is 4.68. The van der Waals surface area contributed by atoms with Crippen molar-refractivity contribution in [3.63, 3.8) is 0 Å². The molecule has 10 heteroatoms. The molecule has 0 fully saturated rings. The molecule has 3 aromatic rings. The second-order valence-electron chi connectivity index (χ2n) is 6.81. The highest BCUT2D eigenvalue weighted by Gasteiger charge is 2.33. The van der Waals surface area contributed by atoms with Crippen molar-refractivity contribution in [1.82, 2.24) is 4.57 Å². The van der Waals surface area contributed by atoms with Gasteiger partial charge in [0.05, 0.1) is 41.0 Å². The topological polar surface area (TPSA) is 83.0 Å². The number of allylic oxidation sites excluding steroid dienone is 1. The van der Waals surface area contributed by atoms with E-state index in [9.17, 15) is 18.4 Å². The van der Waals surface area contributed by atoms with Gasteiger partial charge in [0.1, 0.15) is 5.75 Å². The molecule has 7 nitrogen and oxygen atoms in total. The van der Waals surface area contributed by atoms with Crippen LogP contribution in [0, 0.1) is 0 Å². The van der Waals surface area contributed by atoms with E-state index in [1.807, 2.05) is 0 Å². The lowest BCUT2D eigenvalue weighted by Gasteiger charge is -2.24. The minimum absolute atomic E-state index is 0.0329. The number of aromatic nitrogens is 1. The Labute approximate surface area is 184 Å². The summed E-state index contributed by atoms with van der Waals surface area (Å²) in [6, 6.07) is 6.67. The van der Waals surface area contributed by atoms with Crippen molar-refractivity contribution in [3.05, 3.63) is 84.9 Å². The van der Waals surface area contributed by atoms with Gasteiger partial charge in [0.15, 0.2) is 4.80 Å². The Morgan fingerprint density at radius 2 is 2.06 bits per heavy atom. The Morgan fingerprint density at radius 3 is 2.69 bits per heavy atom. The fourth-order valence-corrected chi connectivity index (χ4v) is 4.49. The highest BCUT2D eigenvalue weighted by Crippen LogP contribution is 2.31. The van der Waals surface area contributed by atoms with Gasteiger partial charge in [-0.25, -0.2) is 9.79 Å². The standard InChI is InChI=1S/C22H18F2N2O5S/c1-3-30-20(28)17-12(2)25-22-26(19(27)16(32-22)10-13-8-9-29-11-13)18(17)14-4-6-15(7-5-14)31-21(23)24/h4-11,18,21H,3H2,1-2H3/b16-10+/t18-/m1/s1. The summed E-state index contributed by atoms with van der Waals surface area (Å²) in [6.45, 7) is 0.535. The highest BCUT2D eigenvalue weighted by atomic mass is 32.1. The molecule has 0 aliphatic carbocycles. The Kier molecular flexibility index (Phi) is 6.04. The van der Waals surface area contributed by atoms with Crippen LogP contribution in [-0.2, 0) is 9.53 Å². The van der Waals surface area contributed by atoms with Gasteiger partial charge in [-0.05, 0) is 43.7 Å².